The summed E-state index contributed by atoms with van der Waals surface area (Å²) in [5, 5.41) is 12.2. The SMILES string of the molecule is C[C@@H](O)CNc1cc(Br)ccc1Br. The first-order valence-electron chi connectivity index (χ1n) is 3.96. The van der Waals surface area contributed by atoms with Gasteiger partial charge in [-0.3, -0.25) is 0 Å². The fourth-order valence-corrected chi connectivity index (χ4v) is 1.64. The molecule has 0 aliphatic carbocycles. The van der Waals surface area contributed by atoms with Crippen LogP contribution in [0.2, 0.25) is 0 Å². The largest absolute Gasteiger partial charge is 0.392 e. The number of rotatable bonds is 3. The van der Waals surface area contributed by atoms with Gasteiger partial charge in [-0.1, -0.05) is 15.9 Å². The maximum atomic E-state index is 9.08. The highest BCUT2D eigenvalue weighted by Crippen LogP contribution is 2.25. The third-order valence-electron chi connectivity index (χ3n) is 1.52. The van der Waals surface area contributed by atoms with E-state index in [1.807, 2.05) is 18.2 Å². The molecule has 0 aliphatic rings. The van der Waals surface area contributed by atoms with Crippen molar-refractivity contribution >= 4 is 37.5 Å². The lowest BCUT2D eigenvalue weighted by Crippen LogP contribution is -2.15. The zero-order chi connectivity index (χ0) is 9.84. The minimum Gasteiger partial charge on any atom is -0.392 e. The van der Waals surface area contributed by atoms with Gasteiger partial charge in [-0.2, -0.15) is 0 Å². The summed E-state index contributed by atoms with van der Waals surface area (Å²) in [4.78, 5) is 0. The molecule has 72 valence electrons. The van der Waals surface area contributed by atoms with Gasteiger partial charge in [0.1, 0.15) is 0 Å². The number of benzene rings is 1. The summed E-state index contributed by atoms with van der Waals surface area (Å²) in [6, 6.07) is 5.87. The highest BCUT2D eigenvalue weighted by Gasteiger charge is 2.01. The van der Waals surface area contributed by atoms with Crippen LogP contribution in [0.4, 0.5) is 5.69 Å². The van der Waals surface area contributed by atoms with E-state index in [0.29, 0.717) is 6.54 Å². The molecule has 1 aromatic carbocycles. The zero-order valence-electron chi connectivity index (χ0n) is 7.22. The molecule has 2 N–H and O–H groups in total. The summed E-state index contributed by atoms with van der Waals surface area (Å²) < 4.78 is 2.01. The van der Waals surface area contributed by atoms with Crippen LogP contribution in [0.3, 0.4) is 0 Å². The molecule has 0 spiro atoms. The molecule has 13 heavy (non-hydrogen) atoms. The molecule has 0 amide bonds. The normalized spacial score (nSPS) is 12.6. The molecule has 0 bridgehead atoms. The molecule has 0 radical (unpaired) electrons. The second-order valence-corrected chi connectivity index (χ2v) is 4.62. The van der Waals surface area contributed by atoms with E-state index in [4.69, 9.17) is 5.11 Å². The third-order valence-corrected chi connectivity index (χ3v) is 2.70. The fraction of sp³-hybridized carbons (Fsp3) is 0.333. The Morgan fingerprint density at radius 2 is 2.15 bits per heavy atom. The van der Waals surface area contributed by atoms with Crippen LogP contribution in [0.5, 0.6) is 0 Å². The van der Waals surface area contributed by atoms with E-state index in [-0.39, 0.29) is 6.10 Å². The van der Waals surface area contributed by atoms with Crippen molar-refractivity contribution < 1.29 is 5.11 Å². The summed E-state index contributed by atoms with van der Waals surface area (Å²) in [5.74, 6) is 0. The van der Waals surface area contributed by atoms with Crippen molar-refractivity contribution in [1.29, 1.82) is 0 Å². The van der Waals surface area contributed by atoms with Gasteiger partial charge in [0.2, 0.25) is 0 Å². The fourth-order valence-electron chi connectivity index (χ4n) is 0.891. The van der Waals surface area contributed by atoms with E-state index in [1.54, 1.807) is 6.92 Å². The predicted octanol–water partition coefficient (Wildman–Crippen LogP) is 3.00. The van der Waals surface area contributed by atoms with E-state index in [9.17, 15) is 0 Å². The number of hydrogen-bond donors (Lipinski definition) is 2. The molecule has 4 heteroatoms. The molecule has 1 atom stereocenters. The summed E-state index contributed by atoms with van der Waals surface area (Å²) in [6.45, 7) is 2.30. The second kappa shape index (κ2) is 4.98. The van der Waals surface area contributed by atoms with Crippen molar-refractivity contribution in [2.24, 2.45) is 0 Å². The number of anilines is 1. The van der Waals surface area contributed by atoms with Crippen LogP contribution in [0, 0.1) is 0 Å². The molecular weight excluding hydrogens is 298 g/mol. The monoisotopic (exact) mass is 307 g/mol. The molecule has 0 aromatic heterocycles. The lowest BCUT2D eigenvalue weighted by Gasteiger charge is -2.10. The molecule has 0 unspecified atom stereocenters. The number of aliphatic hydroxyl groups excluding tert-OH is 1. The zero-order valence-corrected chi connectivity index (χ0v) is 10.4. The molecule has 2 nitrogen and oxygen atoms in total. The van der Waals surface area contributed by atoms with Crippen LogP contribution in [-0.4, -0.2) is 17.8 Å². The molecule has 0 fully saturated rings. The summed E-state index contributed by atoms with van der Waals surface area (Å²) in [7, 11) is 0. The Kier molecular flexibility index (Phi) is 4.22. The van der Waals surface area contributed by atoms with E-state index >= 15 is 0 Å². The van der Waals surface area contributed by atoms with Gasteiger partial charge >= 0.3 is 0 Å². The molecular formula is C9H11Br2NO. The van der Waals surface area contributed by atoms with Crippen LogP contribution >= 0.6 is 31.9 Å². The number of halogens is 2. The Bertz CT molecular complexity index is 289. The van der Waals surface area contributed by atoms with Crippen LogP contribution < -0.4 is 5.32 Å². The van der Waals surface area contributed by atoms with Gasteiger partial charge in [0.15, 0.2) is 0 Å². The van der Waals surface area contributed by atoms with Gasteiger partial charge in [-0.05, 0) is 41.1 Å². The maximum absolute atomic E-state index is 9.08. The average Bonchev–Trinajstić information content (AvgIpc) is 2.06. The van der Waals surface area contributed by atoms with Crippen LogP contribution in [-0.2, 0) is 0 Å². The van der Waals surface area contributed by atoms with E-state index in [1.165, 1.54) is 0 Å². The second-order valence-electron chi connectivity index (χ2n) is 2.85. The number of hydrogen-bond acceptors (Lipinski definition) is 2. The molecule has 0 saturated heterocycles. The highest BCUT2D eigenvalue weighted by atomic mass is 79.9. The Hall–Kier alpha value is -0.0600. The average molecular weight is 309 g/mol. The molecule has 0 saturated carbocycles. The van der Waals surface area contributed by atoms with Gasteiger partial charge in [0, 0.05) is 21.2 Å². The van der Waals surface area contributed by atoms with E-state index < -0.39 is 0 Å². The maximum Gasteiger partial charge on any atom is 0.0684 e. The predicted molar refractivity (Wildman–Crippen MR) is 62.0 cm³/mol. The Morgan fingerprint density at radius 1 is 1.46 bits per heavy atom. The van der Waals surface area contributed by atoms with Gasteiger partial charge in [0.05, 0.1) is 6.10 Å². The van der Waals surface area contributed by atoms with Gasteiger partial charge in [-0.25, -0.2) is 0 Å². The minimum atomic E-state index is -0.342. The Balaban J connectivity index is 2.70. The number of aliphatic hydroxyl groups is 1. The smallest absolute Gasteiger partial charge is 0.0684 e. The van der Waals surface area contributed by atoms with Crippen LogP contribution in [0.1, 0.15) is 6.92 Å². The molecule has 1 aromatic rings. The van der Waals surface area contributed by atoms with E-state index in [0.717, 1.165) is 14.6 Å². The van der Waals surface area contributed by atoms with Crippen LogP contribution in [0.15, 0.2) is 27.1 Å². The summed E-state index contributed by atoms with van der Waals surface area (Å²) in [6.07, 6.45) is -0.342. The first-order chi connectivity index (χ1) is 6.09. The molecule has 0 aliphatic heterocycles. The van der Waals surface area contributed by atoms with Crippen molar-refractivity contribution in [3.63, 3.8) is 0 Å². The lowest BCUT2D eigenvalue weighted by molar-refractivity contribution is 0.208. The Morgan fingerprint density at radius 3 is 2.77 bits per heavy atom. The quantitative estimate of drug-likeness (QED) is 0.899. The first kappa shape index (κ1) is 11.0. The Labute approximate surface area is 94.6 Å². The number of nitrogens with one attached hydrogen (secondary N) is 1. The minimum absolute atomic E-state index is 0.342. The highest BCUT2D eigenvalue weighted by molar-refractivity contribution is 9.11. The van der Waals surface area contributed by atoms with Gasteiger partial charge < -0.3 is 10.4 Å². The topological polar surface area (TPSA) is 32.3 Å². The van der Waals surface area contributed by atoms with Gasteiger partial charge in [-0.15, -0.1) is 0 Å². The lowest BCUT2D eigenvalue weighted by atomic mass is 10.3. The summed E-state index contributed by atoms with van der Waals surface area (Å²) >= 11 is 6.80. The van der Waals surface area contributed by atoms with Crippen LogP contribution in [0.25, 0.3) is 0 Å². The van der Waals surface area contributed by atoms with Crippen molar-refractivity contribution in [2.45, 2.75) is 13.0 Å². The van der Waals surface area contributed by atoms with Crippen molar-refractivity contribution in [2.75, 3.05) is 11.9 Å². The van der Waals surface area contributed by atoms with Crippen molar-refractivity contribution in [1.82, 2.24) is 0 Å². The molecule has 1 rings (SSSR count). The molecule has 0 heterocycles. The van der Waals surface area contributed by atoms with E-state index in [2.05, 4.69) is 37.2 Å². The third kappa shape index (κ3) is 3.67. The van der Waals surface area contributed by atoms with Gasteiger partial charge in [0.25, 0.3) is 0 Å². The van der Waals surface area contributed by atoms with Crippen molar-refractivity contribution in [3.05, 3.63) is 27.1 Å². The first-order valence-corrected chi connectivity index (χ1v) is 5.55. The van der Waals surface area contributed by atoms with Crippen molar-refractivity contribution in [3.8, 4) is 0 Å². The standard InChI is InChI=1S/C9H11Br2NO/c1-6(13)5-12-9-4-7(10)2-3-8(9)11/h2-4,6,12-13H,5H2,1H3/t6-/m1/s1. The summed E-state index contributed by atoms with van der Waals surface area (Å²) in [5.41, 5.74) is 0.982.